The Morgan fingerprint density at radius 2 is 1.86 bits per heavy atom. The van der Waals surface area contributed by atoms with Gasteiger partial charge in [-0.2, -0.15) is 0 Å². The number of carbonyl (C=O) groups is 1. The fourth-order valence-corrected chi connectivity index (χ4v) is 2.12. The predicted molar refractivity (Wildman–Crippen MR) is 79.3 cm³/mol. The highest BCUT2D eigenvalue weighted by atomic mass is 16.6. The van der Waals surface area contributed by atoms with Crippen molar-refractivity contribution in [3.8, 4) is 5.75 Å². The number of epoxide rings is 1. The molecule has 1 aromatic carbocycles. The molecule has 1 atom stereocenters. The van der Waals surface area contributed by atoms with Crippen LogP contribution in [-0.2, 0) is 9.53 Å². The normalized spacial score (nSPS) is 16.6. The maximum atomic E-state index is 11.6. The summed E-state index contributed by atoms with van der Waals surface area (Å²) in [6.07, 6.45) is 6.17. The lowest BCUT2D eigenvalue weighted by Crippen LogP contribution is -2.29. The molecule has 114 valence electrons. The van der Waals surface area contributed by atoms with Crippen molar-refractivity contribution in [1.29, 1.82) is 0 Å². The van der Waals surface area contributed by atoms with Crippen LogP contribution in [-0.4, -0.2) is 35.8 Å². The Labute approximate surface area is 125 Å². The Bertz CT molecular complexity index is 442. The summed E-state index contributed by atoms with van der Waals surface area (Å²) in [4.78, 5) is 11.6. The van der Waals surface area contributed by atoms with Crippen LogP contribution < -0.4 is 10.2 Å². The van der Waals surface area contributed by atoms with Crippen LogP contribution in [0.1, 0.15) is 38.5 Å². The second kappa shape index (κ2) is 8.17. The molecule has 1 aliphatic rings. The summed E-state index contributed by atoms with van der Waals surface area (Å²) in [7, 11) is -1.50. The Morgan fingerprint density at radius 1 is 1.19 bits per heavy atom. The van der Waals surface area contributed by atoms with E-state index in [1.807, 2.05) is 0 Å². The number of benzene rings is 1. The molecule has 1 unspecified atom stereocenters. The van der Waals surface area contributed by atoms with Gasteiger partial charge in [0.15, 0.2) is 0 Å². The molecule has 2 rings (SSSR count). The molecule has 0 amide bonds. The number of ether oxygens (including phenoxy) is 2. The fourth-order valence-electron chi connectivity index (χ4n) is 2.12. The topological polar surface area (TPSA) is 79.3 Å². The van der Waals surface area contributed by atoms with Gasteiger partial charge in [-0.3, -0.25) is 4.79 Å². The zero-order chi connectivity index (χ0) is 15.1. The SMILES string of the molecule is O=C(CCCCCCC1CO1)Oc1ccc(B(O)O)cc1. The van der Waals surface area contributed by atoms with Crippen molar-refractivity contribution in [3.05, 3.63) is 24.3 Å². The fraction of sp³-hybridized carbons (Fsp3) is 0.533. The summed E-state index contributed by atoms with van der Waals surface area (Å²) in [6, 6.07) is 6.16. The van der Waals surface area contributed by atoms with Crippen molar-refractivity contribution in [3.63, 3.8) is 0 Å². The Hall–Kier alpha value is -1.37. The molecular formula is C15H21BO5. The number of hydrogen-bond acceptors (Lipinski definition) is 5. The van der Waals surface area contributed by atoms with Gasteiger partial charge in [0.1, 0.15) is 5.75 Å². The summed E-state index contributed by atoms with van der Waals surface area (Å²) < 4.78 is 10.3. The van der Waals surface area contributed by atoms with Crippen LogP contribution in [0, 0.1) is 0 Å². The van der Waals surface area contributed by atoms with Crippen molar-refractivity contribution >= 4 is 18.6 Å². The standard InChI is InChI=1S/C15H21BO5/c17-15(6-4-2-1-3-5-14-11-20-14)21-13-9-7-12(8-10-13)16(18)19/h7-10,14,18-19H,1-6,11H2. The van der Waals surface area contributed by atoms with Gasteiger partial charge in [0.2, 0.25) is 0 Å². The van der Waals surface area contributed by atoms with Crippen LogP contribution in [0.5, 0.6) is 5.75 Å². The van der Waals surface area contributed by atoms with Crippen molar-refractivity contribution in [2.75, 3.05) is 6.61 Å². The third kappa shape index (κ3) is 6.29. The molecule has 0 radical (unpaired) electrons. The van der Waals surface area contributed by atoms with E-state index in [2.05, 4.69) is 0 Å². The molecule has 0 saturated carbocycles. The number of esters is 1. The van der Waals surface area contributed by atoms with Crippen molar-refractivity contribution in [1.82, 2.24) is 0 Å². The average Bonchev–Trinajstić information content (AvgIpc) is 3.27. The summed E-state index contributed by atoms with van der Waals surface area (Å²) in [6.45, 7) is 0.915. The summed E-state index contributed by atoms with van der Waals surface area (Å²) in [5.41, 5.74) is 0.370. The highest BCUT2D eigenvalue weighted by molar-refractivity contribution is 6.58. The third-order valence-corrected chi connectivity index (χ3v) is 3.47. The van der Waals surface area contributed by atoms with Gasteiger partial charge in [-0.25, -0.2) is 0 Å². The van der Waals surface area contributed by atoms with E-state index in [4.69, 9.17) is 19.5 Å². The second-order valence-corrected chi connectivity index (χ2v) is 5.33. The first kappa shape index (κ1) is 16.0. The summed E-state index contributed by atoms with van der Waals surface area (Å²) >= 11 is 0. The van der Waals surface area contributed by atoms with Crippen molar-refractivity contribution in [2.24, 2.45) is 0 Å². The van der Waals surface area contributed by atoms with E-state index in [-0.39, 0.29) is 5.97 Å². The lowest BCUT2D eigenvalue weighted by atomic mass is 9.80. The van der Waals surface area contributed by atoms with E-state index >= 15 is 0 Å². The van der Waals surface area contributed by atoms with Crippen LogP contribution >= 0.6 is 0 Å². The quantitative estimate of drug-likeness (QED) is 0.233. The van der Waals surface area contributed by atoms with E-state index in [1.165, 1.54) is 12.1 Å². The van der Waals surface area contributed by atoms with Crippen LogP contribution in [0.4, 0.5) is 0 Å². The zero-order valence-electron chi connectivity index (χ0n) is 12.0. The van der Waals surface area contributed by atoms with Crippen molar-refractivity contribution in [2.45, 2.75) is 44.6 Å². The lowest BCUT2D eigenvalue weighted by Gasteiger charge is -2.05. The molecule has 2 N–H and O–H groups in total. The largest absolute Gasteiger partial charge is 0.488 e. The maximum Gasteiger partial charge on any atom is 0.488 e. The van der Waals surface area contributed by atoms with Gasteiger partial charge in [0.25, 0.3) is 0 Å². The molecule has 1 fully saturated rings. The van der Waals surface area contributed by atoms with Crippen LogP contribution in [0.25, 0.3) is 0 Å². The summed E-state index contributed by atoms with van der Waals surface area (Å²) in [5, 5.41) is 17.9. The van der Waals surface area contributed by atoms with E-state index in [0.717, 1.165) is 38.7 Å². The molecule has 0 aromatic heterocycles. The minimum Gasteiger partial charge on any atom is -0.427 e. The molecule has 0 spiro atoms. The van der Waals surface area contributed by atoms with E-state index in [1.54, 1.807) is 12.1 Å². The van der Waals surface area contributed by atoms with Crippen LogP contribution in [0.3, 0.4) is 0 Å². The zero-order valence-corrected chi connectivity index (χ0v) is 12.0. The second-order valence-electron chi connectivity index (χ2n) is 5.33. The molecule has 1 heterocycles. The number of hydrogen-bond donors (Lipinski definition) is 2. The van der Waals surface area contributed by atoms with Gasteiger partial charge < -0.3 is 19.5 Å². The first-order valence-corrected chi connectivity index (χ1v) is 7.43. The minimum atomic E-state index is -1.50. The number of carbonyl (C=O) groups excluding carboxylic acids is 1. The molecular weight excluding hydrogens is 271 g/mol. The van der Waals surface area contributed by atoms with Gasteiger partial charge in [0, 0.05) is 6.42 Å². The van der Waals surface area contributed by atoms with Gasteiger partial charge in [-0.15, -0.1) is 0 Å². The van der Waals surface area contributed by atoms with Crippen LogP contribution in [0.2, 0.25) is 0 Å². The molecule has 1 saturated heterocycles. The van der Waals surface area contributed by atoms with E-state index in [9.17, 15) is 4.79 Å². The number of rotatable bonds is 9. The van der Waals surface area contributed by atoms with Gasteiger partial charge >= 0.3 is 13.1 Å². The molecule has 5 nitrogen and oxygen atoms in total. The monoisotopic (exact) mass is 292 g/mol. The minimum absolute atomic E-state index is 0.252. The first-order valence-electron chi connectivity index (χ1n) is 7.43. The highest BCUT2D eigenvalue weighted by Crippen LogP contribution is 2.18. The maximum absolute atomic E-state index is 11.6. The summed E-state index contributed by atoms with van der Waals surface area (Å²) in [5.74, 6) is 0.174. The van der Waals surface area contributed by atoms with E-state index < -0.39 is 7.12 Å². The molecule has 6 heteroatoms. The molecule has 1 aromatic rings. The molecule has 21 heavy (non-hydrogen) atoms. The van der Waals surface area contributed by atoms with Crippen LogP contribution in [0.15, 0.2) is 24.3 Å². The highest BCUT2D eigenvalue weighted by Gasteiger charge is 2.20. The predicted octanol–water partition coefficient (Wildman–Crippen LogP) is 1.01. The van der Waals surface area contributed by atoms with Crippen molar-refractivity contribution < 1.29 is 24.3 Å². The molecule has 1 aliphatic heterocycles. The Kier molecular flexibility index (Phi) is 6.23. The van der Waals surface area contributed by atoms with E-state index in [0.29, 0.717) is 23.7 Å². The smallest absolute Gasteiger partial charge is 0.427 e. The Balaban J connectivity index is 1.57. The molecule has 0 aliphatic carbocycles. The average molecular weight is 292 g/mol. The lowest BCUT2D eigenvalue weighted by molar-refractivity contribution is -0.134. The number of unbranched alkanes of at least 4 members (excludes halogenated alkanes) is 3. The first-order chi connectivity index (χ1) is 10.1. The molecule has 0 bridgehead atoms. The third-order valence-electron chi connectivity index (χ3n) is 3.47. The van der Waals surface area contributed by atoms with Gasteiger partial charge in [-0.05, 0) is 30.4 Å². The van der Waals surface area contributed by atoms with Gasteiger partial charge in [-0.1, -0.05) is 31.4 Å². The Morgan fingerprint density at radius 3 is 2.48 bits per heavy atom. The van der Waals surface area contributed by atoms with Gasteiger partial charge in [0.05, 0.1) is 12.7 Å².